The number of anilines is 2. The Labute approximate surface area is 197 Å². The first-order chi connectivity index (χ1) is 15.7. The van der Waals surface area contributed by atoms with Gasteiger partial charge in [0.2, 0.25) is 15.9 Å². The van der Waals surface area contributed by atoms with Gasteiger partial charge in [0.1, 0.15) is 12.3 Å². The Hall–Kier alpha value is -3.43. The second-order valence-corrected chi connectivity index (χ2v) is 9.26. The minimum absolute atomic E-state index is 0.275. The lowest BCUT2D eigenvalue weighted by atomic mass is 10.2. The maximum absolute atomic E-state index is 12.9. The van der Waals surface area contributed by atoms with Gasteiger partial charge in [-0.05, 0) is 42.5 Å². The van der Waals surface area contributed by atoms with E-state index in [2.05, 4.69) is 5.32 Å². The molecule has 0 aliphatic carbocycles. The van der Waals surface area contributed by atoms with Crippen molar-refractivity contribution in [2.75, 3.05) is 36.6 Å². The molecule has 1 N–H and O–H groups in total. The van der Waals surface area contributed by atoms with Gasteiger partial charge >= 0.3 is 0 Å². The minimum Gasteiger partial charge on any atom is -0.497 e. The van der Waals surface area contributed by atoms with Crippen LogP contribution in [-0.2, 0) is 14.8 Å². The molecule has 0 radical (unpaired) electrons. The van der Waals surface area contributed by atoms with Crippen molar-refractivity contribution in [3.8, 4) is 23.0 Å². The Kier molecular flexibility index (Phi) is 7.67. The summed E-state index contributed by atoms with van der Waals surface area (Å²) in [7, 11) is -0.773. The van der Waals surface area contributed by atoms with E-state index in [1.807, 2.05) is 0 Å². The summed E-state index contributed by atoms with van der Waals surface area (Å²) in [5.41, 5.74) is 0.570. The topological polar surface area (TPSA) is 94.2 Å². The lowest BCUT2D eigenvalue weighted by Gasteiger charge is -2.22. The van der Waals surface area contributed by atoms with Crippen molar-refractivity contribution in [3.63, 3.8) is 0 Å². The molecule has 33 heavy (non-hydrogen) atoms. The Morgan fingerprint density at radius 1 is 0.939 bits per heavy atom. The second kappa shape index (κ2) is 10.5. The third-order valence-corrected chi connectivity index (χ3v) is 5.91. The van der Waals surface area contributed by atoms with Crippen LogP contribution in [0.25, 0.3) is 0 Å². The van der Waals surface area contributed by atoms with Crippen LogP contribution in [0.15, 0.2) is 66.7 Å². The van der Waals surface area contributed by atoms with Gasteiger partial charge in [-0.1, -0.05) is 29.8 Å². The molecule has 0 saturated carbocycles. The van der Waals surface area contributed by atoms with Crippen LogP contribution in [0, 0.1) is 0 Å². The summed E-state index contributed by atoms with van der Waals surface area (Å²) in [5.74, 6) is 1.13. The van der Waals surface area contributed by atoms with Crippen molar-refractivity contribution < 1.29 is 27.4 Å². The van der Waals surface area contributed by atoms with Crippen LogP contribution < -0.4 is 23.8 Å². The first-order valence-corrected chi connectivity index (χ1v) is 12.0. The highest BCUT2D eigenvalue weighted by Gasteiger charge is 2.22. The normalized spacial score (nSPS) is 10.9. The number of carbonyl (C=O) groups is 1. The molecule has 3 rings (SSSR count). The van der Waals surface area contributed by atoms with Gasteiger partial charge in [-0.15, -0.1) is 0 Å². The minimum atomic E-state index is -3.76. The van der Waals surface area contributed by atoms with Gasteiger partial charge < -0.3 is 19.5 Å². The van der Waals surface area contributed by atoms with Crippen molar-refractivity contribution >= 4 is 38.9 Å². The fourth-order valence-corrected chi connectivity index (χ4v) is 4.02. The monoisotopic (exact) mass is 490 g/mol. The highest BCUT2D eigenvalue weighted by atomic mass is 35.5. The van der Waals surface area contributed by atoms with E-state index in [0.717, 1.165) is 10.6 Å². The number of methoxy groups -OCH3 is 2. The van der Waals surface area contributed by atoms with Gasteiger partial charge in [0.05, 0.1) is 31.9 Å². The third kappa shape index (κ3) is 6.30. The number of amides is 1. The number of para-hydroxylation sites is 2. The fourth-order valence-electron chi connectivity index (χ4n) is 3.00. The van der Waals surface area contributed by atoms with Crippen LogP contribution in [0.2, 0.25) is 5.02 Å². The van der Waals surface area contributed by atoms with Crippen LogP contribution in [0.4, 0.5) is 11.4 Å². The summed E-state index contributed by atoms with van der Waals surface area (Å²) in [6, 6.07) is 18.2. The molecule has 0 unspecified atom stereocenters. The Morgan fingerprint density at radius 3 is 2.33 bits per heavy atom. The number of benzene rings is 3. The summed E-state index contributed by atoms with van der Waals surface area (Å²) in [5, 5.41) is 3.05. The van der Waals surface area contributed by atoms with E-state index in [9.17, 15) is 13.2 Å². The highest BCUT2D eigenvalue weighted by molar-refractivity contribution is 7.92. The first-order valence-electron chi connectivity index (χ1n) is 9.73. The quantitative estimate of drug-likeness (QED) is 0.472. The number of carbonyl (C=O) groups excluding carboxylic acids is 1. The Bertz CT molecular complexity index is 1250. The lowest BCUT2D eigenvalue weighted by molar-refractivity contribution is -0.114. The largest absolute Gasteiger partial charge is 0.497 e. The average Bonchev–Trinajstić information content (AvgIpc) is 2.79. The number of halogens is 1. The molecule has 3 aromatic rings. The zero-order valence-electron chi connectivity index (χ0n) is 18.2. The van der Waals surface area contributed by atoms with Gasteiger partial charge in [-0.2, -0.15) is 0 Å². The number of nitrogens with one attached hydrogen (secondary N) is 1. The van der Waals surface area contributed by atoms with E-state index in [4.69, 9.17) is 25.8 Å². The molecule has 0 aliphatic heterocycles. The summed E-state index contributed by atoms with van der Waals surface area (Å²) in [4.78, 5) is 12.9. The van der Waals surface area contributed by atoms with E-state index >= 15 is 0 Å². The van der Waals surface area contributed by atoms with E-state index < -0.39 is 22.5 Å². The molecule has 0 aliphatic rings. The third-order valence-electron chi connectivity index (χ3n) is 4.53. The van der Waals surface area contributed by atoms with Crippen molar-refractivity contribution in [1.82, 2.24) is 0 Å². The van der Waals surface area contributed by atoms with Crippen LogP contribution in [0.1, 0.15) is 0 Å². The maximum atomic E-state index is 12.9. The summed E-state index contributed by atoms with van der Waals surface area (Å²) >= 11 is 6.12. The average molecular weight is 491 g/mol. The molecule has 10 heteroatoms. The molecule has 0 fully saturated rings. The standard InChI is InChI=1S/C23H23ClN2O6S/c1-30-18-8-6-7-17(14-18)26(33(3,28)29)15-23(27)25-19-13-16(24)11-12-20(19)32-22-10-5-4-9-21(22)31-2/h4-14H,15H2,1-3H3,(H,25,27). The van der Waals surface area contributed by atoms with E-state index in [1.165, 1.54) is 26.4 Å². The highest BCUT2D eigenvalue weighted by Crippen LogP contribution is 2.36. The Morgan fingerprint density at radius 2 is 1.67 bits per heavy atom. The number of nitrogens with zero attached hydrogens (tertiary/aromatic N) is 1. The molecule has 0 aromatic heterocycles. The lowest BCUT2D eigenvalue weighted by Crippen LogP contribution is -2.37. The summed E-state index contributed by atoms with van der Waals surface area (Å²) in [6.07, 6.45) is 1.02. The second-order valence-electron chi connectivity index (χ2n) is 6.91. The molecule has 1 amide bonds. The molecule has 8 nitrogen and oxygen atoms in total. The summed E-state index contributed by atoms with van der Waals surface area (Å²) in [6.45, 7) is -0.466. The fraction of sp³-hybridized carbons (Fsp3) is 0.174. The maximum Gasteiger partial charge on any atom is 0.245 e. The molecule has 0 saturated heterocycles. The zero-order valence-corrected chi connectivity index (χ0v) is 19.8. The van der Waals surface area contributed by atoms with E-state index in [1.54, 1.807) is 54.6 Å². The molecule has 0 spiro atoms. The number of sulfonamides is 1. The molecule has 0 bridgehead atoms. The van der Waals surface area contributed by atoms with Crippen LogP contribution in [-0.4, -0.2) is 41.3 Å². The van der Waals surface area contributed by atoms with E-state index in [-0.39, 0.29) is 5.69 Å². The van der Waals surface area contributed by atoms with Gasteiger partial charge in [0.25, 0.3) is 0 Å². The van der Waals surface area contributed by atoms with Crippen LogP contribution in [0.5, 0.6) is 23.0 Å². The van der Waals surface area contributed by atoms with Gasteiger partial charge in [0.15, 0.2) is 17.2 Å². The summed E-state index contributed by atoms with van der Waals surface area (Å²) < 4.78 is 42.2. The van der Waals surface area contributed by atoms with Gasteiger partial charge in [0, 0.05) is 11.1 Å². The molecule has 0 atom stereocenters. The van der Waals surface area contributed by atoms with Gasteiger partial charge in [-0.25, -0.2) is 8.42 Å². The van der Waals surface area contributed by atoms with Crippen molar-refractivity contribution in [3.05, 3.63) is 71.8 Å². The number of rotatable bonds is 9. The van der Waals surface area contributed by atoms with Crippen LogP contribution >= 0.6 is 11.6 Å². The molecule has 0 heterocycles. The number of hydrogen-bond donors (Lipinski definition) is 1. The van der Waals surface area contributed by atoms with Crippen molar-refractivity contribution in [2.24, 2.45) is 0 Å². The Balaban J connectivity index is 1.86. The predicted molar refractivity (Wildman–Crippen MR) is 128 cm³/mol. The SMILES string of the molecule is COc1cccc(N(CC(=O)Nc2cc(Cl)ccc2Oc2ccccc2OC)S(C)(=O)=O)c1. The van der Waals surface area contributed by atoms with Crippen LogP contribution in [0.3, 0.4) is 0 Å². The number of ether oxygens (including phenoxy) is 3. The van der Waals surface area contributed by atoms with Crippen molar-refractivity contribution in [2.45, 2.75) is 0 Å². The predicted octanol–water partition coefficient (Wildman–Crippen LogP) is 4.55. The van der Waals surface area contributed by atoms with Crippen molar-refractivity contribution in [1.29, 1.82) is 0 Å². The van der Waals surface area contributed by atoms with Gasteiger partial charge in [-0.3, -0.25) is 9.10 Å². The molecular formula is C23H23ClN2O6S. The number of hydrogen-bond acceptors (Lipinski definition) is 6. The molecular weight excluding hydrogens is 468 g/mol. The smallest absolute Gasteiger partial charge is 0.245 e. The molecule has 3 aromatic carbocycles. The molecule has 174 valence electrons. The first kappa shape index (κ1) is 24.2. The zero-order chi connectivity index (χ0) is 24.0. The van der Waals surface area contributed by atoms with E-state index in [0.29, 0.717) is 33.7 Å².